The molecule has 0 aliphatic heterocycles. The molecular formula is C14H10ClN5O. The van der Waals surface area contributed by atoms with Gasteiger partial charge in [0.05, 0.1) is 5.02 Å². The number of nitrogens with one attached hydrogen (secondary N) is 2. The molecule has 3 aromatic rings. The van der Waals surface area contributed by atoms with Crippen LogP contribution in [-0.2, 0) is 0 Å². The fourth-order valence-corrected chi connectivity index (χ4v) is 1.92. The zero-order chi connectivity index (χ0) is 14.7. The van der Waals surface area contributed by atoms with Gasteiger partial charge in [-0.05, 0) is 12.1 Å². The van der Waals surface area contributed by atoms with E-state index in [1.54, 1.807) is 12.1 Å². The Morgan fingerprint density at radius 2 is 1.90 bits per heavy atom. The number of amides is 1. The molecule has 1 aromatic carbocycles. The van der Waals surface area contributed by atoms with Crippen molar-refractivity contribution in [1.82, 2.24) is 20.4 Å². The monoisotopic (exact) mass is 299 g/mol. The molecule has 0 bridgehead atoms. The van der Waals surface area contributed by atoms with Crippen molar-refractivity contribution in [1.29, 1.82) is 0 Å². The average molecular weight is 300 g/mol. The molecule has 0 radical (unpaired) electrons. The number of rotatable bonds is 3. The summed E-state index contributed by atoms with van der Waals surface area (Å²) in [5.74, 6) is 0.00355. The fourth-order valence-electron chi connectivity index (χ4n) is 1.81. The maximum atomic E-state index is 12.2. The van der Waals surface area contributed by atoms with Crippen LogP contribution in [0.3, 0.4) is 0 Å². The summed E-state index contributed by atoms with van der Waals surface area (Å²) >= 11 is 5.75. The van der Waals surface area contributed by atoms with Crippen molar-refractivity contribution in [2.24, 2.45) is 0 Å². The van der Waals surface area contributed by atoms with Crippen LogP contribution in [-0.4, -0.2) is 26.3 Å². The zero-order valence-corrected chi connectivity index (χ0v) is 11.5. The summed E-state index contributed by atoms with van der Waals surface area (Å²) in [6.45, 7) is 0. The van der Waals surface area contributed by atoms with E-state index in [2.05, 4.69) is 25.7 Å². The summed E-state index contributed by atoms with van der Waals surface area (Å²) in [6, 6.07) is 12.6. The molecule has 0 fully saturated rings. The lowest BCUT2D eigenvalue weighted by Gasteiger charge is -2.03. The third-order valence-electron chi connectivity index (χ3n) is 2.78. The van der Waals surface area contributed by atoms with Gasteiger partial charge in [0.25, 0.3) is 5.91 Å². The molecular weight excluding hydrogens is 290 g/mol. The zero-order valence-electron chi connectivity index (χ0n) is 10.7. The second-order valence-corrected chi connectivity index (χ2v) is 4.64. The summed E-state index contributed by atoms with van der Waals surface area (Å²) in [7, 11) is 0. The number of anilines is 1. The molecule has 0 aliphatic carbocycles. The van der Waals surface area contributed by atoms with Crippen molar-refractivity contribution < 1.29 is 4.79 Å². The predicted molar refractivity (Wildman–Crippen MR) is 79.0 cm³/mol. The standard InChI is InChI=1S/C14H10ClN5O/c15-10-6-7-11(16-8-10)17-14(21)13-12(18-20-19-13)9-4-2-1-3-5-9/h1-8H,(H,16,17,21)(H,18,19,20). The maximum Gasteiger partial charge on any atom is 0.279 e. The molecule has 0 saturated heterocycles. The van der Waals surface area contributed by atoms with E-state index in [-0.39, 0.29) is 5.69 Å². The topological polar surface area (TPSA) is 83.6 Å². The number of benzene rings is 1. The molecule has 104 valence electrons. The molecule has 1 amide bonds. The van der Waals surface area contributed by atoms with E-state index in [4.69, 9.17) is 11.6 Å². The predicted octanol–water partition coefficient (Wildman–Crippen LogP) is 2.77. The van der Waals surface area contributed by atoms with Gasteiger partial charge in [0.1, 0.15) is 11.5 Å². The van der Waals surface area contributed by atoms with Gasteiger partial charge in [-0.25, -0.2) is 4.98 Å². The van der Waals surface area contributed by atoms with Crippen LogP contribution in [0.5, 0.6) is 0 Å². The first-order chi connectivity index (χ1) is 10.2. The lowest BCUT2D eigenvalue weighted by molar-refractivity contribution is 0.102. The highest BCUT2D eigenvalue weighted by Gasteiger charge is 2.18. The second kappa shape index (κ2) is 5.72. The highest BCUT2D eigenvalue weighted by atomic mass is 35.5. The van der Waals surface area contributed by atoms with E-state index < -0.39 is 5.91 Å². The third-order valence-corrected chi connectivity index (χ3v) is 3.00. The molecule has 0 unspecified atom stereocenters. The Balaban J connectivity index is 1.86. The number of carbonyl (C=O) groups is 1. The van der Waals surface area contributed by atoms with Crippen LogP contribution in [0.4, 0.5) is 5.82 Å². The third kappa shape index (κ3) is 2.90. The molecule has 2 N–H and O–H groups in total. The Kier molecular flexibility index (Phi) is 3.61. The summed E-state index contributed by atoms with van der Waals surface area (Å²) in [6.07, 6.45) is 1.46. The van der Waals surface area contributed by atoms with E-state index in [0.29, 0.717) is 16.5 Å². The minimum absolute atomic E-state index is 0.206. The highest BCUT2D eigenvalue weighted by Crippen LogP contribution is 2.20. The Morgan fingerprint density at radius 3 is 2.62 bits per heavy atom. The number of pyridine rings is 1. The van der Waals surface area contributed by atoms with Gasteiger partial charge in [0.15, 0.2) is 5.69 Å². The Hall–Kier alpha value is -2.73. The van der Waals surface area contributed by atoms with Crippen LogP contribution in [0.2, 0.25) is 5.02 Å². The number of H-pyrrole nitrogens is 1. The summed E-state index contributed by atoms with van der Waals surface area (Å²) in [5, 5.41) is 13.5. The van der Waals surface area contributed by atoms with Crippen molar-refractivity contribution in [2.75, 3.05) is 5.32 Å². The van der Waals surface area contributed by atoms with Gasteiger partial charge in [-0.15, -0.1) is 0 Å². The van der Waals surface area contributed by atoms with Crippen LogP contribution in [0.25, 0.3) is 11.3 Å². The SMILES string of the molecule is O=C(Nc1ccc(Cl)cn1)c1n[nH]nc1-c1ccccc1. The lowest BCUT2D eigenvalue weighted by Crippen LogP contribution is -2.14. The Labute approximate surface area is 125 Å². The number of carbonyl (C=O) groups excluding carboxylic acids is 1. The molecule has 21 heavy (non-hydrogen) atoms. The van der Waals surface area contributed by atoms with Crippen molar-refractivity contribution >= 4 is 23.3 Å². The number of hydrogen-bond acceptors (Lipinski definition) is 4. The van der Waals surface area contributed by atoms with Gasteiger partial charge in [-0.1, -0.05) is 41.9 Å². The van der Waals surface area contributed by atoms with E-state index in [1.807, 2.05) is 30.3 Å². The molecule has 2 heterocycles. The molecule has 7 heteroatoms. The molecule has 0 aliphatic rings. The van der Waals surface area contributed by atoms with E-state index in [1.165, 1.54) is 6.20 Å². The number of aromatic nitrogens is 4. The van der Waals surface area contributed by atoms with Crippen molar-refractivity contribution in [3.63, 3.8) is 0 Å². The Morgan fingerprint density at radius 1 is 1.10 bits per heavy atom. The highest BCUT2D eigenvalue weighted by molar-refractivity contribution is 6.30. The van der Waals surface area contributed by atoms with Gasteiger partial charge in [0, 0.05) is 11.8 Å². The average Bonchev–Trinajstić information content (AvgIpc) is 3.00. The molecule has 2 aromatic heterocycles. The van der Waals surface area contributed by atoms with Crippen LogP contribution < -0.4 is 5.32 Å². The van der Waals surface area contributed by atoms with Gasteiger partial charge in [0.2, 0.25) is 0 Å². The molecule has 3 rings (SSSR count). The van der Waals surface area contributed by atoms with Crippen LogP contribution in [0.15, 0.2) is 48.7 Å². The number of hydrogen-bond donors (Lipinski definition) is 2. The molecule has 6 nitrogen and oxygen atoms in total. The van der Waals surface area contributed by atoms with Crippen LogP contribution in [0.1, 0.15) is 10.5 Å². The van der Waals surface area contributed by atoms with Crippen molar-refractivity contribution in [3.8, 4) is 11.3 Å². The first-order valence-corrected chi connectivity index (χ1v) is 6.51. The summed E-state index contributed by atoms with van der Waals surface area (Å²) in [5.41, 5.74) is 1.50. The smallest absolute Gasteiger partial charge is 0.279 e. The lowest BCUT2D eigenvalue weighted by atomic mass is 10.1. The minimum atomic E-state index is -0.391. The van der Waals surface area contributed by atoms with E-state index in [0.717, 1.165) is 5.56 Å². The first kappa shape index (κ1) is 13.3. The van der Waals surface area contributed by atoms with Gasteiger partial charge < -0.3 is 5.32 Å². The molecule has 0 saturated carbocycles. The second-order valence-electron chi connectivity index (χ2n) is 4.20. The van der Waals surface area contributed by atoms with Gasteiger partial charge >= 0.3 is 0 Å². The normalized spacial score (nSPS) is 10.3. The summed E-state index contributed by atoms with van der Waals surface area (Å²) in [4.78, 5) is 16.3. The quantitative estimate of drug-likeness (QED) is 0.779. The van der Waals surface area contributed by atoms with E-state index in [9.17, 15) is 4.79 Å². The van der Waals surface area contributed by atoms with Gasteiger partial charge in [-0.2, -0.15) is 15.4 Å². The van der Waals surface area contributed by atoms with Gasteiger partial charge in [-0.3, -0.25) is 4.79 Å². The minimum Gasteiger partial charge on any atom is -0.305 e. The maximum absolute atomic E-state index is 12.2. The summed E-state index contributed by atoms with van der Waals surface area (Å²) < 4.78 is 0. The fraction of sp³-hybridized carbons (Fsp3) is 0. The largest absolute Gasteiger partial charge is 0.305 e. The number of halogens is 1. The molecule has 0 atom stereocenters. The number of aromatic amines is 1. The Bertz CT molecular complexity index is 755. The first-order valence-electron chi connectivity index (χ1n) is 6.13. The van der Waals surface area contributed by atoms with Crippen molar-refractivity contribution in [3.05, 3.63) is 59.4 Å². The van der Waals surface area contributed by atoms with Crippen molar-refractivity contribution in [2.45, 2.75) is 0 Å². The van der Waals surface area contributed by atoms with Crippen LogP contribution >= 0.6 is 11.6 Å². The molecule has 0 spiro atoms. The van der Waals surface area contributed by atoms with E-state index >= 15 is 0 Å². The number of nitrogens with zero attached hydrogens (tertiary/aromatic N) is 3. The van der Waals surface area contributed by atoms with Crippen LogP contribution in [0, 0.1) is 0 Å².